The molecule has 3 amide bonds. The summed E-state index contributed by atoms with van der Waals surface area (Å²) in [5.41, 5.74) is 0.778. The van der Waals surface area contributed by atoms with Gasteiger partial charge in [0, 0.05) is 38.8 Å². The third-order valence-corrected chi connectivity index (χ3v) is 3.86. The van der Waals surface area contributed by atoms with Crippen molar-refractivity contribution in [3.05, 3.63) is 29.8 Å². The van der Waals surface area contributed by atoms with Crippen LogP contribution in [-0.2, 0) is 19.1 Å². The van der Waals surface area contributed by atoms with Gasteiger partial charge in [0.25, 0.3) is 0 Å². The third-order valence-electron chi connectivity index (χ3n) is 3.86. The van der Waals surface area contributed by atoms with Gasteiger partial charge in [0.05, 0.1) is 12.2 Å². The van der Waals surface area contributed by atoms with Gasteiger partial charge >= 0.3 is 17.8 Å². The quantitative estimate of drug-likeness (QED) is 0.634. The second-order valence-electron chi connectivity index (χ2n) is 5.55. The molecule has 8 nitrogen and oxygen atoms in total. The number of hydrogen-bond acceptors (Lipinski definition) is 5. The number of nitrogens with zero attached hydrogens (tertiary/aromatic N) is 2. The summed E-state index contributed by atoms with van der Waals surface area (Å²) in [6, 6.07) is 6.10. The van der Waals surface area contributed by atoms with E-state index in [1.54, 1.807) is 11.8 Å². The van der Waals surface area contributed by atoms with E-state index >= 15 is 0 Å². The van der Waals surface area contributed by atoms with Crippen LogP contribution in [0, 0.1) is 0 Å². The zero-order valence-electron chi connectivity index (χ0n) is 14.3. The van der Waals surface area contributed by atoms with E-state index in [0.29, 0.717) is 37.4 Å². The van der Waals surface area contributed by atoms with Crippen molar-refractivity contribution in [3.8, 4) is 0 Å². The molecular weight excluding hydrogens is 326 g/mol. The zero-order chi connectivity index (χ0) is 18.4. The fraction of sp³-hybridized carbons (Fsp3) is 0.412. The Kier molecular flexibility index (Phi) is 6.10. The first-order valence-corrected chi connectivity index (χ1v) is 8.05. The largest absolute Gasteiger partial charge is 0.462 e. The first kappa shape index (κ1) is 18.4. The first-order valence-electron chi connectivity index (χ1n) is 8.05. The molecule has 0 unspecified atom stereocenters. The molecule has 2 rings (SSSR count). The van der Waals surface area contributed by atoms with E-state index in [1.165, 1.54) is 36.1 Å². The van der Waals surface area contributed by atoms with Crippen molar-refractivity contribution < 1.29 is 23.9 Å². The molecule has 0 saturated carbocycles. The number of amides is 3. The van der Waals surface area contributed by atoms with E-state index < -0.39 is 17.8 Å². The van der Waals surface area contributed by atoms with Crippen LogP contribution < -0.4 is 5.32 Å². The van der Waals surface area contributed by atoms with Crippen molar-refractivity contribution in [2.45, 2.75) is 13.8 Å². The topological polar surface area (TPSA) is 96.0 Å². The predicted molar refractivity (Wildman–Crippen MR) is 89.9 cm³/mol. The van der Waals surface area contributed by atoms with E-state index in [0.717, 1.165) is 0 Å². The highest BCUT2D eigenvalue weighted by atomic mass is 16.5. The van der Waals surface area contributed by atoms with Crippen LogP contribution in [0.2, 0.25) is 0 Å². The van der Waals surface area contributed by atoms with Crippen molar-refractivity contribution in [2.24, 2.45) is 0 Å². The number of ether oxygens (including phenoxy) is 1. The smallest absolute Gasteiger partial charge is 0.338 e. The van der Waals surface area contributed by atoms with Gasteiger partial charge < -0.3 is 19.9 Å². The summed E-state index contributed by atoms with van der Waals surface area (Å²) in [5, 5.41) is 2.51. The lowest BCUT2D eigenvalue weighted by Gasteiger charge is -2.33. The van der Waals surface area contributed by atoms with Gasteiger partial charge in [-0.15, -0.1) is 0 Å². The van der Waals surface area contributed by atoms with E-state index in [-0.39, 0.29) is 12.5 Å². The molecular formula is C17H21N3O5. The standard InChI is InChI=1S/C17H21N3O5/c1-3-25-17(24)13-4-6-14(7-5-13)18-15(22)16(23)20-10-8-19(9-11-20)12(2)21/h4-7H,3,8-11H2,1-2H3,(H,18,22). The lowest BCUT2D eigenvalue weighted by Crippen LogP contribution is -2.52. The molecule has 1 aromatic rings. The number of esters is 1. The highest BCUT2D eigenvalue weighted by Crippen LogP contribution is 2.11. The van der Waals surface area contributed by atoms with Gasteiger partial charge in [-0.05, 0) is 31.2 Å². The number of hydrogen-bond donors (Lipinski definition) is 1. The van der Waals surface area contributed by atoms with Crippen LogP contribution in [-0.4, -0.2) is 66.3 Å². The summed E-state index contributed by atoms with van der Waals surface area (Å²) < 4.78 is 4.88. The third kappa shape index (κ3) is 4.79. The fourth-order valence-corrected chi connectivity index (χ4v) is 2.46. The van der Waals surface area contributed by atoms with Gasteiger partial charge in [0.2, 0.25) is 5.91 Å². The Morgan fingerprint density at radius 3 is 2.08 bits per heavy atom. The number of carbonyl (C=O) groups excluding carboxylic acids is 4. The van der Waals surface area contributed by atoms with Gasteiger partial charge in [-0.3, -0.25) is 14.4 Å². The number of rotatable bonds is 3. The van der Waals surface area contributed by atoms with Crippen LogP contribution in [0.5, 0.6) is 0 Å². The molecule has 1 aromatic carbocycles. The van der Waals surface area contributed by atoms with Crippen LogP contribution in [0.1, 0.15) is 24.2 Å². The Morgan fingerprint density at radius 2 is 1.56 bits per heavy atom. The summed E-state index contributed by atoms with van der Waals surface area (Å²) >= 11 is 0. The Bertz CT molecular complexity index is 663. The van der Waals surface area contributed by atoms with E-state index in [1.807, 2.05) is 0 Å². The van der Waals surface area contributed by atoms with Crippen molar-refractivity contribution in [1.82, 2.24) is 9.80 Å². The van der Waals surface area contributed by atoms with Crippen LogP contribution >= 0.6 is 0 Å². The van der Waals surface area contributed by atoms with Crippen molar-refractivity contribution >= 4 is 29.4 Å². The van der Waals surface area contributed by atoms with Crippen LogP contribution in [0.25, 0.3) is 0 Å². The minimum Gasteiger partial charge on any atom is -0.462 e. The van der Waals surface area contributed by atoms with Crippen LogP contribution in [0.4, 0.5) is 5.69 Å². The molecule has 0 aliphatic carbocycles. The van der Waals surface area contributed by atoms with Gasteiger partial charge in [-0.1, -0.05) is 0 Å². The Morgan fingerprint density at radius 1 is 1.00 bits per heavy atom. The number of benzene rings is 1. The summed E-state index contributed by atoms with van der Waals surface area (Å²) in [6.07, 6.45) is 0. The molecule has 1 saturated heterocycles. The molecule has 1 aliphatic heterocycles. The molecule has 1 fully saturated rings. The van der Waals surface area contributed by atoms with E-state index in [2.05, 4.69) is 5.32 Å². The minimum absolute atomic E-state index is 0.0433. The average molecular weight is 347 g/mol. The number of carbonyl (C=O) groups is 4. The van der Waals surface area contributed by atoms with Crippen LogP contribution in [0.3, 0.4) is 0 Å². The predicted octanol–water partition coefficient (Wildman–Crippen LogP) is 0.492. The lowest BCUT2D eigenvalue weighted by molar-refractivity contribution is -0.145. The summed E-state index contributed by atoms with van der Waals surface area (Å²) in [6.45, 7) is 4.97. The van der Waals surface area contributed by atoms with E-state index in [9.17, 15) is 19.2 Å². The Balaban J connectivity index is 1.90. The normalized spacial score (nSPS) is 14.0. The molecule has 0 spiro atoms. The van der Waals surface area contributed by atoms with E-state index in [4.69, 9.17) is 4.74 Å². The fourth-order valence-electron chi connectivity index (χ4n) is 2.46. The zero-order valence-corrected chi connectivity index (χ0v) is 14.3. The maximum Gasteiger partial charge on any atom is 0.338 e. The van der Waals surface area contributed by atoms with Gasteiger partial charge in [-0.25, -0.2) is 4.79 Å². The molecule has 134 valence electrons. The highest BCUT2D eigenvalue weighted by molar-refractivity contribution is 6.39. The first-order chi connectivity index (χ1) is 11.9. The monoisotopic (exact) mass is 347 g/mol. The molecule has 0 aromatic heterocycles. The molecule has 0 radical (unpaired) electrons. The number of anilines is 1. The number of nitrogens with one attached hydrogen (secondary N) is 1. The maximum absolute atomic E-state index is 12.2. The van der Waals surface area contributed by atoms with Crippen LogP contribution in [0.15, 0.2) is 24.3 Å². The lowest BCUT2D eigenvalue weighted by atomic mass is 10.2. The molecule has 1 aliphatic rings. The molecule has 0 bridgehead atoms. The Labute approximate surface area is 145 Å². The van der Waals surface area contributed by atoms with Crippen molar-refractivity contribution in [2.75, 3.05) is 38.1 Å². The average Bonchev–Trinajstić information content (AvgIpc) is 2.62. The second kappa shape index (κ2) is 8.27. The number of piperazine rings is 1. The summed E-state index contributed by atoms with van der Waals surface area (Å²) in [4.78, 5) is 50.1. The second-order valence-corrected chi connectivity index (χ2v) is 5.55. The Hall–Kier alpha value is -2.90. The van der Waals surface area contributed by atoms with Crippen molar-refractivity contribution in [3.63, 3.8) is 0 Å². The van der Waals surface area contributed by atoms with Gasteiger partial charge in [0.1, 0.15) is 0 Å². The molecule has 8 heteroatoms. The van der Waals surface area contributed by atoms with Crippen molar-refractivity contribution in [1.29, 1.82) is 0 Å². The molecule has 0 atom stereocenters. The summed E-state index contributed by atoms with van der Waals surface area (Å²) in [7, 11) is 0. The minimum atomic E-state index is -0.750. The summed E-state index contributed by atoms with van der Waals surface area (Å²) in [5.74, 6) is -1.88. The highest BCUT2D eigenvalue weighted by Gasteiger charge is 2.26. The van der Waals surface area contributed by atoms with Gasteiger partial charge in [0.15, 0.2) is 0 Å². The molecule has 25 heavy (non-hydrogen) atoms. The van der Waals surface area contributed by atoms with Gasteiger partial charge in [-0.2, -0.15) is 0 Å². The maximum atomic E-state index is 12.2. The SMILES string of the molecule is CCOC(=O)c1ccc(NC(=O)C(=O)N2CCN(C(C)=O)CC2)cc1. The molecule has 1 heterocycles. The molecule has 1 N–H and O–H groups in total.